The third-order valence-electron chi connectivity index (χ3n) is 7.18. The lowest BCUT2D eigenvalue weighted by molar-refractivity contribution is -0.116. The van der Waals surface area contributed by atoms with E-state index in [1.54, 1.807) is 19.9 Å². The number of nitrogens with zero attached hydrogens (tertiary/aromatic N) is 1. The monoisotopic (exact) mass is 611 g/mol. The molecule has 1 aliphatic rings. The molecule has 0 aliphatic heterocycles. The number of benzene rings is 2. The van der Waals surface area contributed by atoms with Gasteiger partial charge >= 0.3 is 5.63 Å². The van der Waals surface area contributed by atoms with E-state index < -0.39 is 5.63 Å². The molecule has 7 heteroatoms. The Bertz CT molecular complexity index is 1710. The van der Waals surface area contributed by atoms with Crippen LogP contribution >= 0.6 is 22.6 Å². The minimum atomic E-state index is -0.546. The number of pyridine rings is 1. The van der Waals surface area contributed by atoms with Crippen molar-refractivity contribution in [2.75, 3.05) is 0 Å². The van der Waals surface area contributed by atoms with Gasteiger partial charge in [0.15, 0.2) is 5.58 Å². The summed E-state index contributed by atoms with van der Waals surface area (Å²) in [5.41, 5.74) is 4.66. The van der Waals surface area contributed by atoms with Gasteiger partial charge in [-0.1, -0.05) is 24.3 Å². The number of carbonyl (C=O) groups excluding carboxylic acids is 1. The fourth-order valence-corrected chi connectivity index (χ4v) is 5.58. The quantitative estimate of drug-likeness (QED) is 0.239. The third kappa shape index (κ3) is 4.69. The first-order valence-corrected chi connectivity index (χ1v) is 13.4. The number of Topliss-reactive ketones (excluding diaryl/α,β-unsaturated/α-hetero) is 1. The maximum absolute atomic E-state index is 14.9. The van der Waals surface area contributed by atoms with E-state index in [9.17, 15) is 18.8 Å². The largest absolute Gasteiger partial charge is 0.422 e. The Balaban J connectivity index is 1.88. The first-order valence-electron chi connectivity index (χ1n) is 12.3. The van der Waals surface area contributed by atoms with Gasteiger partial charge in [-0.15, -0.1) is 0 Å². The van der Waals surface area contributed by atoms with Crippen molar-refractivity contribution in [1.82, 2.24) is 4.57 Å². The molecule has 1 aliphatic carbocycles. The number of hydrogen-bond acceptors (Lipinski definition) is 4. The minimum absolute atomic E-state index is 0.0447. The number of fused-ring (bicyclic) bond motifs is 1. The van der Waals surface area contributed by atoms with Gasteiger partial charge in [0.2, 0.25) is 0 Å². The molecule has 0 N–H and O–H groups in total. The highest BCUT2D eigenvalue weighted by atomic mass is 127. The van der Waals surface area contributed by atoms with Crippen LogP contribution in [0.3, 0.4) is 0 Å². The van der Waals surface area contributed by atoms with E-state index in [0.717, 1.165) is 38.8 Å². The molecule has 0 radical (unpaired) electrons. The maximum Gasteiger partial charge on any atom is 0.339 e. The lowest BCUT2D eigenvalue weighted by Crippen LogP contribution is -2.26. The second kappa shape index (κ2) is 9.67. The summed E-state index contributed by atoms with van der Waals surface area (Å²) in [5.74, 6) is -0.335. The molecule has 1 fully saturated rings. The normalized spacial score (nSPS) is 13.4. The first-order chi connectivity index (χ1) is 17.6. The van der Waals surface area contributed by atoms with Gasteiger partial charge in [-0.2, -0.15) is 0 Å². The second-order valence-corrected chi connectivity index (χ2v) is 11.3. The highest BCUT2D eigenvalue weighted by molar-refractivity contribution is 14.1. The SMILES string of the molecule is CC(=O)Cc1ccc(C)c(-c2c(C)n(C3CC3)c(=O)c3c(Cc4ccc(I)cc4F)c(C)c(=O)oc23)c1. The van der Waals surface area contributed by atoms with Crippen molar-refractivity contribution < 1.29 is 13.6 Å². The van der Waals surface area contributed by atoms with Gasteiger partial charge in [-0.25, -0.2) is 9.18 Å². The molecule has 0 spiro atoms. The van der Waals surface area contributed by atoms with Gasteiger partial charge in [0, 0.05) is 39.3 Å². The molecule has 0 amide bonds. The van der Waals surface area contributed by atoms with Gasteiger partial charge in [0.25, 0.3) is 5.56 Å². The van der Waals surface area contributed by atoms with E-state index in [2.05, 4.69) is 22.6 Å². The summed E-state index contributed by atoms with van der Waals surface area (Å²) >= 11 is 2.05. The Morgan fingerprint density at radius 2 is 1.84 bits per heavy atom. The Morgan fingerprint density at radius 3 is 2.49 bits per heavy atom. The molecule has 0 bridgehead atoms. The predicted octanol–water partition coefficient (Wildman–Crippen LogP) is 6.35. The third-order valence-corrected chi connectivity index (χ3v) is 7.86. The molecule has 2 aromatic heterocycles. The van der Waals surface area contributed by atoms with Crippen LogP contribution in [-0.2, 0) is 17.6 Å². The molecular formula is C30H27FINO4. The van der Waals surface area contributed by atoms with E-state index in [1.165, 1.54) is 6.07 Å². The number of hydrogen-bond donors (Lipinski definition) is 0. The molecule has 4 aromatic rings. The molecule has 0 saturated heterocycles. The second-order valence-electron chi connectivity index (χ2n) is 10.0. The van der Waals surface area contributed by atoms with Crippen molar-refractivity contribution in [1.29, 1.82) is 0 Å². The van der Waals surface area contributed by atoms with Gasteiger partial charge in [0.1, 0.15) is 11.6 Å². The number of halogens is 2. The zero-order valence-electron chi connectivity index (χ0n) is 21.2. The van der Waals surface area contributed by atoms with Crippen LogP contribution < -0.4 is 11.2 Å². The molecule has 1 saturated carbocycles. The Kier molecular flexibility index (Phi) is 6.68. The number of rotatable bonds is 6. The summed E-state index contributed by atoms with van der Waals surface area (Å²) in [4.78, 5) is 38.9. The lowest BCUT2D eigenvalue weighted by atomic mass is 9.91. The van der Waals surface area contributed by atoms with Gasteiger partial charge in [-0.05, 0) is 103 Å². The van der Waals surface area contributed by atoms with Crippen LogP contribution in [0.1, 0.15) is 59.3 Å². The summed E-state index contributed by atoms with van der Waals surface area (Å²) in [5, 5.41) is 0.318. The molecule has 5 nitrogen and oxygen atoms in total. The van der Waals surface area contributed by atoms with Crippen molar-refractivity contribution >= 4 is 39.3 Å². The summed E-state index contributed by atoms with van der Waals surface area (Å²) in [6.45, 7) is 7.01. The lowest BCUT2D eigenvalue weighted by Gasteiger charge is -2.20. The molecule has 190 valence electrons. The van der Waals surface area contributed by atoms with Crippen molar-refractivity contribution in [3.05, 3.63) is 100 Å². The molecular weight excluding hydrogens is 584 g/mol. The van der Waals surface area contributed by atoms with Crippen LogP contribution in [0.5, 0.6) is 0 Å². The zero-order valence-corrected chi connectivity index (χ0v) is 23.4. The average molecular weight is 611 g/mol. The standard InChI is InChI=1S/C30H27FINO4/c1-15-5-6-19(11-16(2)34)12-23(15)26-18(4)33(22-9-10-22)29(35)27-24(17(3)30(36)37-28(26)27)13-20-7-8-21(32)14-25(20)31/h5-8,12,14,22H,9-11,13H2,1-4H3. The van der Waals surface area contributed by atoms with Crippen molar-refractivity contribution in [3.63, 3.8) is 0 Å². The van der Waals surface area contributed by atoms with E-state index in [0.29, 0.717) is 27.6 Å². The maximum atomic E-state index is 14.9. The minimum Gasteiger partial charge on any atom is -0.422 e. The molecule has 2 aromatic carbocycles. The number of aryl methyl sites for hydroxylation is 1. The van der Waals surface area contributed by atoms with Crippen LogP contribution in [0.2, 0.25) is 0 Å². The average Bonchev–Trinajstić information content (AvgIpc) is 3.65. The van der Waals surface area contributed by atoms with E-state index in [4.69, 9.17) is 4.42 Å². The first kappa shape index (κ1) is 25.6. The van der Waals surface area contributed by atoms with Crippen LogP contribution in [0, 0.1) is 30.2 Å². The molecule has 0 atom stereocenters. The van der Waals surface area contributed by atoms with Crippen molar-refractivity contribution in [2.45, 2.75) is 59.4 Å². The van der Waals surface area contributed by atoms with Gasteiger partial charge < -0.3 is 8.98 Å². The van der Waals surface area contributed by atoms with Crippen LogP contribution in [0.4, 0.5) is 4.39 Å². The van der Waals surface area contributed by atoms with Crippen LogP contribution in [-0.4, -0.2) is 10.4 Å². The van der Waals surface area contributed by atoms with Gasteiger partial charge in [-0.3, -0.25) is 9.59 Å². The topological polar surface area (TPSA) is 69.3 Å². The number of aromatic nitrogens is 1. The molecule has 0 unspecified atom stereocenters. The van der Waals surface area contributed by atoms with Crippen LogP contribution in [0.25, 0.3) is 22.1 Å². The van der Waals surface area contributed by atoms with Crippen molar-refractivity contribution in [3.8, 4) is 11.1 Å². The van der Waals surface area contributed by atoms with Gasteiger partial charge in [0.05, 0.1) is 5.39 Å². The highest BCUT2D eigenvalue weighted by Crippen LogP contribution is 2.40. The predicted molar refractivity (Wildman–Crippen MR) is 151 cm³/mol. The highest BCUT2D eigenvalue weighted by Gasteiger charge is 2.31. The van der Waals surface area contributed by atoms with E-state index in [1.807, 2.05) is 42.7 Å². The van der Waals surface area contributed by atoms with E-state index >= 15 is 0 Å². The molecule has 37 heavy (non-hydrogen) atoms. The zero-order chi connectivity index (χ0) is 26.6. The number of ketones is 1. The smallest absolute Gasteiger partial charge is 0.339 e. The Morgan fingerprint density at radius 1 is 1.11 bits per heavy atom. The Hall–Kier alpha value is -3.07. The Labute approximate surface area is 227 Å². The van der Waals surface area contributed by atoms with Crippen molar-refractivity contribution in [2.24, 2.45) is 0 Å². The summed E-state index contributed by atoms with van der Waals surface area (Å²) in [6, 6.07) is 10.8. The molecule has 2 heterocycles. The van der Waals surface area contributed by atoms with E-state index in [-0.39, 0.29) is 41.6 Å². The summed E-state index contributed by atoms with van der Waals surface area (Å²) < 4.78 is 23.3. The fourth-order valence-electron chi connectivity index (χ4n) is 5.13. The van der Waals surface area contributed by atoms with Crippen LogP contribution in [0.15, 0.2) is 50.4 Å². The number of carbonyl (C=O) groups is 1. The summed E-state index contributed by atoms with van der Waals surface area (Å²) in [7, 11) is 0. The summed E-state index contributed by atoms with van der Waals surface area (Å²) in [6.07, 6.45) is 2.17. The fraction of sp³-hybridized carbons (Fsp3) is 0.300. The molecule has 5 rings (SSSR count).